The molecule has 0 atom stereocenters. The lowest BCUT2D eigenvalue weighted by Gasteiger charge is -2.09. The Bertz CT molecular complexity index is 890. The fourth-order valence-corrected chi connectivity index (χ4v) is 3.16. The molecular formula is C20H22N4OS. The summed E-state index contributed by atoms with van der Waals surface area (Å²) < 4.78 is 7.32. The van der Waals surface area contributed by atoms with Gasteiger partial charge >= 0.3 is 0 Å². The second-order valence-electron chi connectivity index (χ2n) is 5.95. The Morgan fingerprint density at radius 2 is 1.92 bits per heavy atom. The molecule has 0 saturated heterocycles. The molecule has 2 aromatic carbocycles. The topological polar surface area (TPSA) is 66.0 Å². The van der Waals surface area contributed by atoms with Gasteiger partial charge in [0, 0.05) is 5.75 Å². The minimum absolute atomic E-state index is 0.286. The Balaban J connectivity index is 1.55. The number of hydrogen-bond acceptors (Lipinski definition) is 5. The van der Waals surface area contributed by atoms with Gasteiger partial charge in [-0.15, -0.1) is 10.2 Å². The molecule has 1 aromatic heterocycles. The molecule has 0 fully saturated rings. The molecule has 6 heteroatoms. The maximum absolute atomic E-state index is 6.09. The monoisotopic (exact) mass is 366 g/mol. The third kappa shape index (κ3) is 4.67. The molecule has 0 aliphatic rings. The summed E-state index contributed by atoms with van der Waals surface area (Å²) in [5.74, 6) is 8.28. The highest BCUT2D eigenvalue weighted by Crippen LogP contribution is 2.21. The van der Waals surface area contributed by atoms with Gasteiger partial charge in [0.25, 0.3) is 0 Å². The molecule has 3 aromatic rings. The van der Waals surface area contributed by atoms with Crippen LogP contribution in [0.25, 0.3) is 6.08 Å². The first-order valence-electron chi connectivity index (χ1n) is 8.37. The number of benzene rings is 2. The third-order valence-corrected chi connectivity index (χ3v) is 4.74. The molecule has 3 rings (SSSR count). The number of aryl methyl sites for hydroxylation is 2. The highest BCUT2D eigenvalue weighted by atomic mass is 32.2. The van der Waals surface area contributed by atoms with Crippen LogP contribution in [0.5, 0.6) is 5.75 Å². The SMILES string of the molecule is Cc1ccc(OCc2nnc(SCC=Cc3ccccc3)n2N)c(C)c1. The number of aromatic nitrogens is 3. The van der Waals surface area contributed by atoms with Gasteiger partial charge in [0.2, 0.25) is 5.16 Å². The van der Waals surface area contributed by atoms with Gasteiger partial charge in [-0.3, -0.25) is 0 Å². The Hall–Kier alpha value is -2.73. The quantitative estimate of drug-likeness (QED) is 0.506. The maximum Gasteiger partial charge on any atom is 0.210 e. The van der Waals surface area contributed by atoms with Gasteiger partial charge in [-0.1, -0.05) is 71.9 Å². The van der Waals surface area contributed by atoms with E-state index in [1.54, 1.807) is 0 Å². The molecule has 0 radical (unpaired) electrons. The smallest absolute Gasteiger partial charge is 0.210 e. The Kier molecular flexibility index (Phi) is 5.96. The molecule has 26 heavy (non-hydrogen) atoms. The van der Waals surface area contributed by atoms with Crippen molar-refractivity contribution in [3.8, 4) is 5.75 Å². The molecule has 0 bridgehead atoms. The molecule has 0 aliphatic carbocycles. The fraction of sp³-hybridized carbons (Fsp3) is 0.200. The molecule has 5 nitrogen and oxygen atoms in total. The average Bonchev–Trinajstić information content (AvgIpc) is 2.99. The number of rotatable bonds is 7. The zero-order chi connectivity index (χ0) is 18.4. The van der Waals surface area contributed by atoms with Crippen LogP contribution in [0.3, 0.4) is 0 Å². The van der Waals surface area contributed by atoms with E-state index in [9.17, 15) is 0 Å². The third-order valence-electron chi connectivity index (χ3n) is 3.84. The molecule has 0 aliphatic heterocycles. The standard InChI is InChI=1S/C20H22N4OS/c1-15-10-11-18(16(2)13-15)25-14-19-22-23-20(24(19)21)26-12-6-9-17-7-4-3-5-8-17/h3-11,13H,12,14,21H2,1-2H3. The van der Waals surface area contributed by atoms with Gasteiger partial charge in [0.1, 0.15) is 12.4 Å². The first-order valence-corrected chi connectivity index (χ1v) is 9.36. The largest absolute Gasteiger partial charge is 0.485 e. The van der Waals surface area contributed by atoms with Crippen molar-refractivity contribution in [2.75, 3.05) is 11.6 Å². The zero-order valence-corrected chi connectivity index (χ0v) is 15.7. The molecule has 134 valence electrons. The van der Waals surface area contributed by atoms with Crippen LogP contribution < -0.4 is 10.6 Å². The number of nitrogens with zero attached hydrogens (tertiary/aromatic N) is 3. The highest BCUT2D eigenvalue weighted by molar-refractivity contribution is 7.99. The number of nitrogen functional groups attached to an aromatic ring is 1. The van der Waals surface area contributed by atoms with Crippen LogP contribution in [-0.4, -0.2) is 20.6 Å². The molecule has 0 saturated carbocycles. The predicted octanol–water partition coefficient (Wildman–Crippen LogP) is 3.99. The normalized spacial score (nSPS) is 11.2. The first-order chi connectivity index (χ1) is 12.6. The maximum atomic E-state index is 6.09. The number of ether oxygens (including phenoxy) is 1. The first kappa shape index (κ1) is 18.1. The van der Waals surface area contributed by atoms with Gasteiger partial charge in [0.05, 0.1) is 0 Å². The van der Waals surface area contributed by atoms with Gasteiger partial charge in [0.15, 0.2) is 5.82 Å². The van der Waals surface area contributed by atoms with Crippen LogP contribution in [0.4, 0.5) is 0 Å². The van der Waals surface area contributed by atoms with E-state index >= 15 is 0 Å². The van der Waals surface area contributed by atoms with E-state index in [0.717, 1.165) is 17.1 Å². The van der Waals surface area contributed by atoms with Crippen molar-refractivity contribution in [2.45, 2.75) is 25.6 Å². The van der Waals surface area contributed by atoms with Crippen LogP contribution in [0.1, 0.15) is 22.5 Å². The fourth-order valence-electron chi connectivity index (χ4n) is 2.48. The van der Waals surface area contributed by atoms with E-state index in [4.69, 9.17) is 10.6 Å². The van der Waals surface area contributed by atoms with Crippen molar-refractivity contribution in [1.82, 2.24) is 14.9 Å². The van der Waals surface area contributed by atoms with Crippen LogP contribution in [0, 0.1) is 13.8 Å². The van der Waals surface area contributed by atoms with Crippen LogP contribution >= 0.6 is 11.8 Å². The molecular weight excluding hydrogens is 344 g/mol. The lowest BCUT2D eigenvalue weighted by molar-refractivity contribution is 0.289. The summed E-state index contributed by atoms with van der Waals surface area (Å²) in [6.07, 6.45) is 4.16. The zero-order valence-electron chi connectivity index (χ0n) is 14.9. The molecule has 0 unspecified atom stereocenters. The summed E-state index contributed by atoms with van der Waals surface area (Å²) in [6, 6.07) is 16.2. The Morgan fingerprint density at radius 1 is 1.12 bits per heavy atom. The second-order valence-corrected chi connectivity index (χ2v) is 6.94. The second kappa shape index (κ2) is 8.58. The van der Waals surface area contributed by atoms with Gasteiger partial charge in [-0.2, -0.15) is 0 Å². The van der Waals surface area contributed by atoms with Crippen molar-refractivity contribution < 1.29 is 4.74 Å². The van der Waals surface area contributed by atoms with Crippen molar-refractivity contribution in [1.29, 1.82) is 0 Å². The van der Waals surface area contributed by atoms with Gasteiger partial charge < -0.3 is 10.6 Å². The number of hydrogen-bond donors (Lipinski definition) is 1. The van der Waals surface area contributed by atoms with E-state index in [0.29, 0.717) is 11.0 Å². The van der Waals surface area contributed by atoms with E-state index < -0.39 is 0 Å². The summed E-state index contributed by atoms with van der Waals surface area (Å²) in [5, 5.41) is 8.95. The summed E-state index contributed by atoms with van der Waals surface area (Å²) >= 11 is 1.54. The molecule has 2 N–H and O–H groups in total. The molecule has 0 amide bonds. The predicted molar refractivity (Wildman–Crippen MR) is 107 cm³/mol. The summed E-state index contributed by atoms with van der Waals surface area (Å²) in [4.78, 5) is 0. The van der Waals surface area contributed by atoms with Crippen LogP contribution in [-0.2, 0) is 6.61 Å². The Morgan fingerprint density at radius 3 is 2.69 bits per heavy atom. The average molecular weight is 366 g/mol. The lowest BCUT2D eigenvalue weighted by atomic mass is 10.1. The van der Waals surface area contributed by atoms with E-state index in [1.165, 1.54) is 27.6 Å². The van der Waals surface area contributed by atoms with E-state index in [1.807, 2.05) is 37.3 Å². The molecule has 1 heterocycles. The van der Waals surface area contributed by atoms with E-state index in [-0.39, 0.29) is 6.61 Å². The minimum Gasteiger partial charge on any atom is -0.485 e. The van der Waals surface area contributed by atoms with Crippen molar-refractivity contribution >= 4 is 17.8 Å². The minimum atomic E-state index is 0.286. The highest BCUT2D eigenvalue weighted by Gasteiger charge is 2.11. The van der Waals surface area contributed by atoms with Crippen LogP contribution in [0.2, 0.25) is 0 Å². The van der Waals surface area contributed by atoms with Crippen molar-refractivity contribution in [2.24, 2.45) is 0 Å². The molecule has 0 spiro atoms. The summed E-state index contributed by atoms with van der Waals surface area (Å²) in [5.41, 5.74) is 3.47. The van der Waals surface area contributed by atoms with Crippen molar-refractivity contribution in [3.05, 3.63) is 77.1 Å². The lowest BCUT2D eigenvalue weighted by Crippen LogP contribution is -2.16. The Labute approximate surface area is 157 Å². The van der Waals surface area contributed by atoms with Crippen molar-refractivity contribution in [3.63, 3.8) is 0 Å². The summed E-state index contributed by atoms with van der Waals surface area (Å²) in [6.45, 7) is 4.37. The van der Waals surface area contributed by atoms with Gasteiger partial charge in [-0.25, -0.2) is 4.68 Å². The number of nitrogens with two attached hydrogens (primary N) is 1. The summed E-state index contributed by atoms with van der Waals surface area (Å²) in [7, 11) is 0. The van der Waals surface area contributed by atoms with Gasteiger partial charge in [-0.05, 0) is 31.0 Å². The number of thioether (sulfide) groups is 1. The van der Waals surface area contributed by atoms with Crippen LogP contribution in [0.15, 0.2) is 59.8 Å². The van der Waals surface area contributed by atoms with E-state index in [2.05, 4.69) is 47.5 Å².